The SMILES string of the molecule is O=C1Nc2ccccc2N(C(=O)N2CCCC(CCN3CCCCC3)C2)c2ncccc21. The van der Waals surface area contributed by atoms with Crippen LogP contribution in [-0.4, -0.2) is 59.4 Å². The van der Waals surface area contributed by atoms with Crippen molar-refractivity contribution >= 4 is 29.1 Å². The van der Waals surface area contributed by atoms with E-state index in [4.69, 9.17) is 0 Å². The van der Waals surface area contributed by atoms with Gasteiger partial charge in [-0.2, -0.15) is 0 Å². The van der Waals surface area contributed by atoms with Gasteiger partial charge in [0.05, 0.1) is 16.9 Å². The Morgan fingerprint density at radius 1 is 1.03 bits per heavy atom. The third kappa shape index (κ3) is 4.21. The molecule has 0 saturated carbocycles. The zero-order chi connectivity index (χ0) is 21.9. The van der Waals surface area contributed by atoms with Gasteiger partial charge < -0.3 is 15.1 Å². The van der Waals surface area contributed by atoms with Crippen LogP contribution in [0.4, 0.5) is 22.0 Å². The monoisotopic (exact) mass is 433 g/mol. The number of para-hydroxylation sites is 2. The molecule has 7 nitrogen and oxygen atoms in total. The molecule has 4 heterocycles. The van der Waals surface area contributed by atoms with Crippen molar-refractivity contribution in [2.45, 2.75) is 38.5 Å². The Hall–Kier alpha value is -2.93. The number of piperidine rings is 2. The van der Waals surface area contributed by atoms with Gasteiger partial charge in [0.2, 0.25) is 0 Å². The van der Waals surface area contributed by atoms with Gasteiger partial charge in [-0.1, -0.05) is 18.6 Å². The summed E-state index contributed by atoms with van der Waals surface area (Å²) in [6.45, 7) is 5.05. The summed E-state index contributed by atoms with van der Waals surface area (Å²) in [4.78, 5) is 37.2. The van der Waals surface area contributed by atoms with Crippen LogP contribution in [0.1, 0.15) is 48.9 Å². The number of fused-ring (bicyclic) bond motifs is 2. The summed E-state index contributed by atoms with van der Waals surface area (Å²) in [5.74, 6) is 0.670. The molecule has 5 rings (SSSR count). The summed E-state index contributed by atoms with van der Waals surface area (Å²) in [6.07, 6.45) is 8.92. The number of hydrogen-bond donors (Lipinski definition) is 1. The van der Waals surface area contributed by atoms with Crippen molar-refractivity contribution in [3.63, 3.8) is 0 Å². The Labute approximate surface area is 189 Å². The number of urea groups is 1. The predicted octanol–water partition coefficient (Wildman–Crippen LogP) is 4.49. The van der Waals surface area contributed by atoms with Gasteiger partial charge in [-0.25, -0.2) is 14.7 Å². The second-order valence-electron chi connectivity index (χ2n) is 9.11. The molecule has 1 aromatic carbocycles. The Kier molecular flexibility index (Phi) is 6.08. The molecular formula is C25H31N5O2. The van der Waals surface area contributed by atoms with Crippen molar-refractivity contribution < 1.29 is 9.59 Å². The summed E-state index contributed by atoms with van der Waals surface area (Å²) >= 11 is 0. The van der Waals surface area contributed by atoms with Gasteiger partial charge in [-0.15, -0.1) is 0 Å². The zero-order valence-corrected chi connectivity index (χ0v) is 18.5. The summed E-state index contributed by atoms with van der Waals surface area (Å²) in [7, 11) is 0. The molecule has 3 aliphatic rings. The first-order valence-electron chi connectivity index (χ1n) is 11.9. The minimum atomic E-state index is -0.242. The van der Waals surface area contributed by atoms with Crippen LogP contribution in [0.5, 0.6) is 0 Å². The van der Waals surface area contributed by atoms with E-state index in [0.29, 0.717) is 28.7 Å². The molecule has 0 radical (unpaired) electrons. The Balaban J connectivity index is 1.37. The summed E-state index contributed by atoms with van der Waals surface area (Å²) in [5.41, 5.74) is 1.71. The molecule has 1 atom stereocenters. The van der Waals surface area contributed by atoms with E-state index in [-0.39, 0.29) is 11.9 Å². The molecule has 1 N–H and O–H groups in total. The number of hydrogen-bond acceptors (Lipinski definition) is 4. The van der Waals surface area contributed by atoms with Crippen molar-refractivity contribution in [3.05, 3.63) is 48.2 Å². The van der Waals surface area contributed by atoms with E-state index in [0.717, 1.165) is 32.5 Å². The highest BCUT2D eigenvalue weighted by molar-refractivity contribution is 6.16. The fourth-order valence-corrected chi connectivity index (χ4v) is 5.19. The van der Waals surface area contributed by atoms with Crippen LogP contribution in [0.25, 0.3) is 0 Å². The van der Waals surface area contributed by atoms with Gasteiger partial charge >= 0.3 is 6.03 Å². The Morgan fingerprint density at radius 3 is 2.75 bits per heavy atom. The average Bonchev–Trinajstić information content (AvgIpc) is 2.97. The maximum absolute atomic E-state index is 13.9. The van der Waals surface area contributed by atoms with Gasteiger partial charge in [0, 0.05) is 19.3 Å². The fraction of sp³-hybridized carbons (Fsp3) is 0.480. The molecule has 3 amide bonds. The number of pyridine rings is 1. The number of aromatic nitrogens is 1. The third-order valence-corrected chi connectivity index (χ3v) is 6.92. The molecule has 1 unspecified atom stereocenters. The molecule has 0 aliphatic carbocycles. The molecule has 3 aliphatic heterocycles. The van der Waals surface area contributed by atoms with E-state index < -0.39 is 0 Å². The quantitative estimate of drug-likeness (QED) is 0.774. The van der Waals surface area contributed by atoms with Gasteiger partial charge in [-0.05, 0) is 81.9 Å². The van der Waals surface area contributed by atoms with Crippen molar-refractivity contribution in [3.8, 4) is 0 Å². The van der Waals surface area contributed by atoms with Gasteiger partial charge in [0.15, 0.2) is 5.82 Å². The van der Waals surface area contributed by atoms with Crippen LogP contribution in [0, 0.1) is 5.92 Å². The molecule has 0 bridgehead atoms. The third-order valence-electron chi connectivity index (χ3n) is 6.92. The number of anilines is 3. The molecule has 7 heteroatoms. The van der Waals surface area contributed by atoms with Gasteiger partial charge in [0.25, 0.3) is 5.91 Å². The van der Waals surface area contributed by atoms with Crippen LogP contribution in [0.3, 0.4) is 0 Å². The fourth-order valence-electron chi connectivity index (χ4n) is 5.19. The van der Waals surface area contributed by atoms with E-state index in [2.05, 4.69) is 15.2 Å². The maximum atomic E-state index is 13.9. The minimum absolute atomic E-state index is 0.100. The molecule has 2 aromatic rings. The highest BCUT2D eigenvalue weighted by Crippen LogP contribution is 2.37. The predicted molar refractivity (Wildman–Crippen MR) is 125 cm³/mol. The zero-order valence-electron chi connectivity index (χ0n) is 18.5. The van der Waals surface area contributed by atoms with Crippen LogP contribution in [0.2, 0.25) is 0 Å². The Bertz CT molecular complexity index is 988. The number of nitrogens with zero attached hydrogens (tertiary/aromatic N) is 4. The second kappa shape index (κ2) is 9.28. The largest absolute Gasteiger partial charge is 0.330 e. The standard InChI is InChI=1S/C25H31N5O2/c31-24-20-9-6-13-26-23(20)30(22-11-3-2-10-21(22)27-24)25(32)29-16-7-8-19(18-29)12-17-28-14-4-1-5-15-28/h2-3,6,9-11,13,19H,1,4-5,7-8,12,14-18H2,(H,27,31). The molecule has 2 saturated heterocycles. The van der Waals surface area contributed by atoms with E-state index in [1.807, 2.05) is 29.2 Å². The van der Waals surface area contributed by atoms with E-state index in [1.165, 1.54) is 38.8 Å². The van der Waals surface area contributed by atoms with Crippen LogP contribution < -0.4 is 10.2 Å². The minimum Gasteiger partial charge on any atom is -0.324 e. The summed E-state index contributed by atoms with van der Waals surface area (Å²) in [5, 5.41) is 2.93. The average molecular weight is 434 g/mol. The first kappa shape index (κ1) is 20.9. The first-order chi connectivity index (χ1) is 15.7. The lowest BCUT2D eigenvalue weighted by atomic mass is 9.94. The lowest BCUT2D eigenvalue weighted by Gasteiger charge is -2.37. The van der Waals surface area contributed by atoms with Crippen LogP contribution in [0.15, 0.2) is 42.6 Å². The number of carbonyl (C=O) groups is 2. The molecule has 0 spiro atoms. The van der Waals surface area contributed by atoms with Crippen LogP contribution >= 0.6 is 0 Å². The van der Waals surface area contributed by atoms with Crippen molar-refractivity contribution in [1.29, 1.82) is 0 Å². The Morgan fingerprint density at radius 2 is 1.88 bits per heavy atom. The van der Waals surface area contributed by atoms with Crippen LogP contribution in [-0.2, 0) is 0 Å². The lowest BCUT2D eigenvalue weighted by molar-refractivity contribution is 0.102. The molecule has 1 aromatic heterocycles. The summed E-state index contributed by atoms with van der Waals surface area (Å²) in [6, 6.07) is 10.8. The summed E-state index contributed by atoms with van der Waals surface area (Å²) < 4.78 is 0. The maximum Gasteiger partial charge on any atom is 0.330 e. The topological polar surface area (TPSA) is 68.8 Å². The molecular weight excluding hydrogens is 402 g/mol. The number of likely N-dealkylation sites (tertiary alicyclic amines) is 2. The molecule has 168 valence electrons. The number of rotatable bonds is 3. The first-order valence-corrected chi connectivity index (χ1v) is 11.9. The normalized spacial score (nSPS) is 21.4. The molecule has 2 fully saturated rings. The van der Waals surface area contributed by atoms with E-state index in [9.17, 15) is 9.59 Å². The van der Waals surface area contributed by atoms with Gasteiger partial charge in [0.1, 0.15) is 0 Å². The second-order valence-corrected chi connectivity index (χ2v) is 9.11. The van der Waals surface area contributed by atoms with Crippen molar-refractivity contribution in [2.75, 3.05) is 42.9 Å². The van der Waals surface area contributed by atoms with E-state index >= 15 is 0 Å². The van der Waals surface area contributed by atoms with Crippen molar-refractivity contribution in [2.24, 2.45) is 5.92 Å². The van der Waals surface area contributed by atoms with Crippen molar-refractivity contribution in [1.82, 2.24) is 14.8 Å². The molecule has 32 heavy (non-hydrogen) atoms. The number of benzene rings is 1. The van der Waals surface area contributed by atoms with Gasteiger partial charge in [-0.3, -0.25) is 4.79 Å². The van der Waals surface area contributed by atoms with E-state index in [1.54, 1.807) is 23.2 Å². The number of nitrogens with one attached hydrogen (secondary N) is 1. The highest BCUT2D eigenvalue weighted by Gasteiger charge is 2.34. The highest BCUT2D eigenvalue weighted by atomic mass is 16.2. The lowest BCUT2D eigenvalue weighted by Crippen LogP contribution is -2.47. The number of carbonyl (C=O) groups excluding carboxylic acids is 2. The number of amides is 3. The smallest absolute Gasteiger partial charge is 0.324 e.